The maximum atomic E-state index is 2.42. The number of halogens is 2. The molecule has 0 nitrogen and oxygen atoms in total. The fraction of sp³-hybridized carbons (Fsp3) is 0.500. The van der Waals surface area contributed by atoms with E-state index < -0.39 is 20.0 Å². The Kier molecular flexibility index (Phi) is 6.35. The molecule has 0 saturated carbocycles. The zero-order chi connectivity index (χ0) is 11.9. The minimum Gasteiger partial charge on any atom is -1.00 e. The zero-order valence-corrected chi connectivity index (χ0v) is 16.9. The molecule has 0 atom stereocenters. The second-order valence-corrected chi connectivity index (χ2v) is 21.2. The third-order valence-electron chi connectivity index (χ3n) is 4.72. The van der Waals surface area contributed by atoms with Crippen molar-refractivity contribution in [2.24, 2.45) is 0 Å². The maximum Gasteiger partial charge on any atom is -1.00 e. The van der Waals surface area contributed by atoms with Gasteiger partial charge in [-0.15, -0.1) is 0 Å². The van der Waals surface area contributed by atoms with Crippen LogP contribution in [0.25, 0.3) is 0 Å². The minimum absolute atomic E-state index is 0. The molecule has 3 rings (SSSR count). The van der Waals surface area contributed by atoms with E-state index in [2.05, 4.69) is 38.2 Å². The predicted molar refractivity (Wildman–Crippen MR) is 71.8 cm³/mol. The summed E-state index contributed by atoms with van der Waals surface area (Å²) >= 11 is -2.09. The van der Waals surface area contributed by atoms with Crippen LogP contribution in [0.5, 0.6) is 0 Å². The van der Waals surface area contributed by atoms with Crippen molar-refractivity contribution >= 4 is 0 Å². The molecule has 0 aromatic carbocycles. The van der Waals surface area contributed by atoms with Gasteiger partial charge in [0.15, 0.2) is 0 Å². The molecule has 0 radical (unpaired) electrons. The molecule has 104 valence electrons. The molecule has 3 heteroatoms. The molecule has 0 unspecified atom stereocenters. The first-order valence-corrected chi connectivity index (χ1v) is 15.8. The van der Waals surface area contributed by atoms with Gasteiger partial charge in [-0.1, -0.05) is 0 Å². The van der Waals surface area contributed by atoms with E-state index in [0.717, 1.165) is 0 Å². The summed E-state index contributed by atoms with van der Waals surface area (Å²) in [4.78, 5) is 0. The van der Waals surface area contributed by atoms with Crippen LogP contribution in [0.15, 0.2) is 42.1 Å². The summed E-state index contributed by atoms with van der Waals surface area (Å²) in [7, 11) is 0. The Labute approximate surface area is 134 Å². The first kappa shape index (κ1) is 17.5. The van der Waals surface area contributed by atoms with Crippen LogP contribution < -0.4 is 24.8 Å². The Morgan fingerprint density at radius 2 is 1.26 bits per heavy atom. The minimum atomic E-state index is -2.09. The van der Waals surface area contributed by atoms with Crippen molar-refractivity contribution in [1.29, 1.82) is 0 Å². The van der Waals surface area contributed by atoms with Crippen LogP contribution in [-0.4, -0.2) is 0 Å². The van der Waals surface area contributed by atoms with Crippen LogP contribution in [0.3, 0.4) is 0 Å². The molecule has 0 amide bonds. The van der Waals surface area contributed by atoms with E-state index in [1.54, 1.807) is 19.5 Å². The third kappa shape index (κ3) is 2.89. The van der Waals surface area contributed by atoms with Gasteiger partial charge in [-0.25, -0.2) is 0 Å². The summed E-state index contributed by atoms with van der Waals surface area (Å²) in [6.45, 7) is 4.66. The Bertz CT molecular complexity index is 425. The van der Waals surface area contributed by atoms with Crippen LogP contribution in [-0.2, 0) is 20.0 Å². The molecule has 19 heavy (non-hydrogen) atoms. The first-order chi connectivity index (χ1) is 8.31. The second kappa shape index (κ2) is 6.91. The van der Waals surface area contributed by atoms with Gasteiger partial charge in [0, 0.05) is 0 Å². The summed E-state index contributed by atoms with van der Waals surface area (Å²) < 4.78 is 7.19. The van der Waals surface area contributed by atoms with Gasteiger partial charge in [0.05, 0.1) is 0 Å². The van der Waals surface area contributed by atoms with Gasteiger partial charge in [0.1, 0.15) is 0 Å². The Morgan fingerprint density at radius 3 is 1.58 bits per heavy atom. The number of allylic oxidation sites excluding steroid dienone is 8. The van der Waals surface area contributed by atoms with Gasteiger partial charge in [-0.05, 0) is 0 Å². The van der Waals surface area contributed by atoms with E-state index in [9.17, 15) is 0 Å². The molecule has 0 spiro atoms. The third-order valence-corrected chi connectivity index (χ3v) is 22.2. The van der Waals surface area contributed by atoms with E-state index in [4.69, 9.17) is 0 Å². The van der Waals surface area contributed by atoms with Crippen LogP contribution in [0, 0.1) is 0 Å². The van der Waals surface area contributed by atoms with Crippen molar-refractivity contribution in [2.75, 3.05) is 0 Å². The summed E-state index contributed by atoms with van der Waals surface area (Å²) in [5.41, 5.74) is 3.44. The Hall–Kier alpha value is 0.410. The fourth-order valence-corrected chi connectivity index (χ4v) is 27.5. The van der Waals surface area contributed by atoms with Crippen molar-refractivity contribution in [3.63, 3.8) is 0 Å². The van der Waals surface area contributed by atoms with E-state index in [1.807, 2.05) is 6.66 Å². The second-order valence-electron chi connectivity index (χ2n) is 5.51. The van der Waals surface area contributed by atoms with Crippen LogP contribution >= 0.6 is 0 Å². The molecule has 1 heterocycles. The van der Waals surface area contributed by atoms with Gasteiger partial charge in [0.2, 0.25) is 0 Å². The van der Waals surface area contributed by atoms with Crippen molar-refractivity contribution in [3.05, 3.63) is 42.1 Å². The standard InChI is InChI=1S/2C7H9.C2H4.2ClH.Hf/c2*1-2-7-5-3-4-6-7;1-2;;;/h2*3,5H,2,4H2,1H3;1-2H2;2*1H;/q;;;;;+2/p-2. The molecular formula is C16H22Cl2Hf. The SMILES string of the molecule is CCC1=[C]([Hf+2]2([C]3=C(CC)C=CC3)[CH2][CH2]2)CC=C1.[Cl-].[Cl-]. The van der Waals surface area contributed by atoms with E-state index in [-0.39, 0.29) is 24.8 Å². The van der Waals surface area contributed by atoms with Gasteiger partial charge in [0.25, 0.3) is 0 Å². The molecule has 3 aliphatic rings. The van der Waals surface area contributed by atoms with Crippen molar-refractivity contribution in [1.82, 2.24) is 0 Å². The molecule has 0 N–H and O–H groups in total. The fourth-order valence-electron chi connectivity index (χ4n) is 3.68. The average molecular weight is 464 g/mol. The van der Waals surface area contributed by atoms with Crippen LogP contribution in [0.1, 0.15) is 39.5 Å². The Morgan fingerprint density at radius 1 is 0.842 bits per heavy atom. The largest absolute Gasteiger partial charge is 1.00 e. The van der Waals surface area contributed by atoms with Crippen molar-refractivity contribution in [2.45, 2.75) is 47.9 Å². The molecule has 1 aliphatic heterocycles. The van der Waals surface area contributed by atoms with E-state index >= 15 is 0 Å². The van der Waals surface area contributed by atoms with Gasteiger partial charge in [-0.2, -0.15) is 0 Å². The van der Waals surface area contributed by atoms with Crippen LogP contribution in [0.4, 0.5) is 0 Å². The smallest absolute Gasteiger partial charge is 1.00 e. The zero-order valence-electron chi connectivity index (χ0n) is 11.8. The number of rotatable bonds is 4. The summed E-state index contributed by atoms with van der Waals surface area (Å²) in [5.74, 6) is 0. The Balaban J connectivity index is 0.000000902. The van der Waals surface area contributed by atoms with E-state index in [1.165, 1.54) is 25.7 Å². The van der Waals surface area contributed by atoms with Crippen molar-refractivity contribution < 1.29 is 44.8 Å². The molecule has 0 aromatic heterocycles. The molecule has 1 fully saturated rings. The molecule has 0 bridgehead atoms. The predicted octanol–water partition coefficient (Wildman–Crippen LogP) is -0.753. The molecular weight excluding hydrogens is 442 g/mol. The van der Waals surface area contributed by atoms with Crippen molar-refractivity contribution in [3.8, 4) is 0 Å². The average Bonchev–Trinajstić information content (AvgIpc) is 2.85. The number of hydrogen-bond donors (Lipinski definition) is 0. The molecule has 2 aliphatic carbocycles. The van der Waals surface area contributed by atoms with Gasteiger partial charge >= 0.3 is 110 Å². The quantitative estimate of drug-likeness (QED) is 0.481. The topological polar surface area (TPSA) is 0 Å². The summed E-state index contributed by atoms with van der Waals surface area (Å²) in [6.07, 6.45) is 14.8. The summed E-state index contributed by atoms with van der Waals surface area (Å²) in [5, 5.41) is 0. The van der Waals surface area contributed by atoms with Gasteiger partial charge in [-0.3, -0.25) is 0 Å². The van der Waals surface area contributed by atoms with Gasteiger partial charge < -0.3 is 24.8 Å². The molecule has 0 aromatic rings. The van der Waals surface area contributed by atoms with E-state index in [0.29, 0.717) is 0 Å². The monoisotopic (exact) mass is 464 g/mol. The molecule has 1 saturated heterocycles. The maximum absolute atomic E-state index is 2.42. The summed E-state index contributed by atoms with van der Waals surface area (Å²) in [6, 6.07) is 0. The van der Waals surface area contributed by atoms with Crippen LogP contribution in [0.2, 0.25) is 8.35 Å². The first-order valence-electron chi connectivity index (χ1n) is 7.10. The normalized spacial score (nSPS) is 20.9. The number of hydrogen-bond acceptors (Lipinski definition) is 0.